The Labute approximate surface area is 160 Å². The average Bonchev–Trinajstić information content (AvgIpc) is 3.24. The molecule has 3 aromatic rings. The van der Waals surface area contributed by atoms with Gasteiger partial charge in [-0.2, -0.15) is 4.31 Å². The SMILES string of the molecule is O=S(=O)(c1ccc(F)cc1)N1CCNC(Oc2ccc(-n3cnnn3)cc2)C1. The standard InChI is InChI=1S/C17H17FN6O3S/c18-13-1-7-16(8-2-13)28(25,26)23-10-9-19-17(11-23)27-15-5-3-14(4-6-15)24-12-20-21-22-24/h1-8,12,17,19H,9-11H2. The zero-order valence-electron chi connectivity index (χ0n) is 14.6. The molecule has 146 valence electrons. The van der Waals surface area contributed by atoms with E-state index in [1.54, 1.807) is 24.3 Å². The van der Waals surface area contributed by atoms with E-state index >= 15 is 0 Å². The summed E-state index contributed by atoms with van der Waals surface area (Å²) in [4.78, 5) is 0.0559. The highest BCUT2D eigenvalue weighted by molar-refractivity contribution is 7.89. The molecule has 1 unspecified atom stereocenters. The number of benzene rings is 2. The summed E-state index contributed by atoms with van der Waals surface area (Å²) in [5.74, 6) is 0.0981. The van der Waals surface area contributed by atoms with Crippen molar-refractivity contribution in [2.45, 2.75) is 11.1 Å². The van der Waals surface area contributed by atoms with E-state index in [1.165, 1.54) is 27.4 Å². The Hall–Kier alpha value is -2.89. The summed E-state index contributed by atoms with van der Waals surface area (Å²) in [5.41, 5.74) is 0.773. The second kappa shape index (κ2) is 7.62. The van der Waals surface area contributed by atoms with Crippen LogP contribution in [0.25, 0.3) is 5.69 Å². The molecule has 0 amide bonds. The Morgan fingerprint density at radius 2 is 1.86 bits per heavy atom. The van der Waals surface area contributed by atoms with Crippen LogP contribution >= 0.6 is 0 Å². The first-order chi connectivity index (χ1) is 13.5. The number of tetrazole rings is 1. The number of piperazine rings is 1. The Morgan fingerprint density at radius 1 is 1.11 bits per heavy atom. The minimum absolute atomic E-state index is 0.0559. The number of ether oxygens (including phenoxy) is 1. The molecule has 0 saturated carbocycles. The van der Waals surface area contributed by atoms with Gasteiger partial charge >= 0.3 is 0 Å². The maximum atomic E-state index is 13.1. The van der Waals surface area contributed by atoms with Crippen LogP contribution in [0.5, 0.6) is 5.75 Å². The second-order valence-electron chi connectivity index (χ2n) is 6.13. The number of halogens is 1. The predicted molar refractivity (Wildman–Crippen MR) is 96.7 cm³/mol. The monoisotopic (exact) mass is 404 g/mol. The third-order valence-corrected chi connectivity index (χ3v) is 6.16. The van der Waals surface area contributed by atoms with Crippen LogP contribution in [0.4, 0.5) is 4.39 Å². The molecule has 1 aromatic heterocycles. The number of sulfonamides is 1. The van der Waals surface area contributed by atoms with Crippen molar-refractivity contribution in [1.82, 2.24) is 29.8 Å². The van der Waals surface area contributed by atoms with Crippen LogP contribution in [0, 0.1) is 5.82 Å². The molecule has 1 aliphatic heterocycles. The Balaban J connectivity index is 1.44. The van der Waals surface area contributed by atoms with Gasteiger partial charge in [-0.3, -0.25) is 5.32 Å². The second-order valence-corrected chi connectivity index (χ2v) is 8.06. The molecule has 1 saturated heterocycles. The zero-order chi connectivity index (χ0) is 19.6. The van der Waals surface area contributed by atoms with Crippen molar-refractivity contribution in [2.24, 2.45) is 0 Å². The molecule has 1 atom stereocenters. The van der Waals surface area contributed by atoms with Crippen molar-refractivity contribution >= 4 is 10.0 Å². The smallest absolute Gasteiger partial charge is 0.243 e. The van der Waals surface area contributed by atoms with E-state index in [2.05, 4.69) is 20.8 Å². The average molecular weight is 404 g/mol. The van der Waals surface area contributed by atoms with Gasteiger partial charge in [0.2, 0.25) is 10.0 Å². The predicted octanol–water partition coefficient (Wildman–Crippen LogP) is 0.800. The molecule has 1 fully saturated rings. The molecule has 11 heteroatoms. The lowest BCUT2D eigenvalue weighted by Gasteiger charge is -2.33. The Kier molecular flexibility index (Phi) is 5.03. The quantitative estimate of drug-likeness (QED) is 0.671. The van der Waals surface area contributed by atoms with E-state index in [0.717, 1.165) is 17.8 Å². The topological polar surface area (TPSA) is 102 Å². The van der Waals surface area contributed by atoms with E-state index in [9.17, 15) is 12.8 Å². The number of hydrogen-bond acceptors (Lipinski definition) is 7. The van der Waals surface area contributed by atoms with Gasteiger partial charge in [0.25, 0.3) is 0 Å². The van der Waals surface area contributed by atoms with E-state index < -0.39 is 22.1 Å². The maximum absolute atomic E-state index is 13.1. The molecule has 0 spiro atoms. The van der Waals surface area contributed by atoms with Gasteiger partial charge in [-0.25, -0.2) is 17.5 Å². The summed E-state index contributed by atoms with van der Waals surface area (Å²) in [6.45, 7) is 0.875. The highest BCUT2D eigenvalue weighted by Crippen LogP contribution is 2.20. The molecular weight excluding hydrogens is 387 g/mol. The number of hydrogen-bond donors (Lipinski definition) is 1. The van der Waals surface area contributed by atoms with Crippen molar-refractivity contribution in [3.05, 3.63) is 60.7 Å². The van der Waals surface area contributed by atoms with E-state index in [-0.39, 0.29) is 11.4 Å². The number of nitrogens with zero attached hydrogens (tertiary/aromatic N) is 5. The summed E-state index contributed by atoms with van der Waals surface area (Å²) >= 11 is 0. The van der Waals surface area contributed by atoms with Crippen LogP contribution in [0.15, 0.2) is 59.8 Å². The van der Waals surface area contributed by atoms with Crippen LogP contribution in [-0.2, 0) is 10.0 Å². The first-order valence-corrected chi connectivity index (χ1v) is 9.95. The summed E-state index contributed by atoms with van der Waals surface area (Å²) in [5, 5.41) is 14.1. The lowest BCUT2D eigenvalue weighted by Crippen LogP contribution is -2.54. The van der Waals surface area contributed by atoms with Crippen molar-refractivity contribution in [1.29, 1.82) is 0 Å². The highest BCUT2D eigenvalue weighted by atomic mass is 32.2. The van der Waals surface area contributed by atoms with Crippen LogP contribution in [-0.4, -0.2) is 58.8 Å². The first kappa shape index (κ1) is 18.5. The first-order valence-electron chi connectivity index (χ1n) is 8.51. The van der Waals surface area contributed by atoms with E-state index in [0.29, 0.717) is 18.8 Å². The van der Waals surface area contributed by atoms with Gasteiger partial charge in [0.1, 0.15) is 17.9 Å². The lowest BCUT2D eigenvalue weighted by atomic mass is 10.3. The van der Waals surface area contributed by atoms with Crippen molar-refractivity contribution in [3.8, 4) is 11.4 Å². The number of nitrogens with one attached hydrogen (secondary N) is 1. The largest absolute Gasteiger partial charge is 0.474 e. The molecule has 9 nitrogen and oxygen atoms in total. The van der Waals surface area contributed by atoms with Gasteiger partial charge < -0.3 is 4.74 Å². The van der Waals surface area contributed by atoms with Crippen molar-refractivity contribution in [2.75, 3.05) is 19.6 Å². The molecule has 0 radical (unpaired) electrons. The molecular formula is C17H17FN6O3S. The maximum Gasteiger partial charge on any atom is 0.243 e. The number of aromatic nitrogens is 4. The van der Waals surface area contributed by atoms with Gasteiger partial charge in [0.15, 0.2) is 6.23 Å². The number of rotatable bonds is 5. The van der Waals surface area contributed by atoms with Crippen LogP contribution in [0.3, 0.4) is 0 Å². The minimum Gasteiger partial charge on any atom is -0.474 e. The third-order valence-electron chi connectivity index (χ3n) is 4.28. The molecule has 1 aliphatic rings. The fourth-order valence-corrected chi connectivity index (χ4v) is 4.31. The third kappa shape index (κ3) is 3.86. The molecule has 0 aliphatic carbocycles. The zero-order valence-corrected chi connectivity index (χ0v) is 15.5. The minimum atomic E-state index is -3.72. The lowest BCUT2D eigenvalue weighted by molar-refractivity contribution is 0.110. The van der Waals surface area contributed by atoms with E-state index in [1.807, 2.05) is 0 Å². The van der Waals surface area contributed by atoms with Gasteiger partial charge in [0, 0.05) is 13.1 Å². The van der Waals surface area contributed by atoms with E-state index in [4.69, 9.17) is 4.74 Å². The molecule has 1 N–H and O–H groups in total. The molecule has 2 aromatic carbocycles. The molecule has 0 bridgehead atoms. The Morgan fingerprint density at radius 3 is 2.54 bits per heavy atom. The molecule has 28 heavy (non-hydrogen) atoms. The van der Waals surface area contributed by atoms with Gasteiger partial charge in [-0.1, -0.05) is 0 Å². The fourth-order valence-electron chi connectivity index (χ4n) is 2.87. The van der Waals surface area contributed by atoms with Crippen LogP contribution in [0.2, 0.25) is 0 Å². The van der Waals surface area contributed by atoms with Gasteiger partial charge in [-0.05, 0) is 59.0 Å². The molecule has 2 heterocycles. The Bertz CT molecular complexity index is 1030. The summed E-state index contributed by atoms with van der Waals surface area (Å²) < 4.78 is 47.3. The fraction of sp³-hybridized carbons (Fsp3) is 0.235. The highest BCUT2D eigenvalue weighted by Gasteiger charge is 2.31. The van der Waals surface area contributed by atoms with Crippen LogP contribution in [0.1, 0.15) is 0 Å². The van der Waals surface area contributed by atoms with Crippen molar-refractivity contribution < 1.29 is 17.5 Å². The summed E-state index contributed by atoms with van der Waals surface area (Å²) in [6, 6.07) is 11.9. The van der Waals surface area contributed by atoms with Crippen molar-refractivity contribution in [3.63, 3.8) is 0 Å². The normalized spacial score (nSPS) is 18.1. The van der Waals surface area contributed by atoms with Crippen LogP contribution < -0.4 is 10.1 Å². The molecule has 4 rings (SSSR count). The summed E-state index contributed by atoms with van der Waals surface area (Å²) in [7, 11) is -3.72. The van der Waals surface area contributed by atoms with Gasteiger partial charge in [0.05, 0.1) is 17.1 Å². The summed E-state index contributed by atoms with van der Waals surface area (Å²) in [6.07, 6.45) is 0.972. The van der Waals surface area contributed by atoms with Gasteiger partial charge in [-0.15, -0.1) is 5.10 Å².